The average Bonchev–Trinajstić information content (AvgIpc) is 2.67. The van der Waals surface area contributed by atoms with Crippen molar-refractivity contribution in [2.24, 2.45) is 0 Å². The number of carbonyl (C=O) groups is 1. The van der Waals surface area contributed by atoms with Crippen LogP contribution in [0.5, 0.6) is 0 Å². The van der Waals surface area contributed by atoms with E-state index in [1.165, 1.54) is 0 Å². The molecule has 0 aliphatic carbocycles. The van der Waals surface area contributed by atoms with Crippen LogP contribution in [0.1, 0.15) is 22.0 Å². The second-order valence-electron chi connectivity index (χ2n) is 4.00. The van der Waals surface area contributed by atoms with Crippen molar-refractivity contribution in [3.63, 3.8) is 0 Å². The summed E-state index contributed by atoms with van der Waals surface area (Å²) in [6.07, 6.45) is 0. The van der Waals surface area contributed by atoms with Crippen LogP contribution in [-0.2, 0) is 5.75 Å². The molecule has 0 spiro atoms. The number of fused-ring (bicyclic) bond motifs is 3. The van der Waals surface area contributed by atoms with Crippen LogP contribution >= 0.6 is 23.4 Å². The molecule has 2 aromatic rings. The number of aromatic nitrogens is 2. The number of thioether (sulfide) groups is 1. The number of carboxylic acids is 1. The minimum absolute atomic E-state index is 0.130. The van der Waals surface area contributed by atoms with E-state index in [0.29, 0.717) is 16.6 Å². The van der Waals surface area contributed by atoms with Crippen LogP contribution in [0.4, 0.5) is 0 Å². The van der Waals surface area contributed by atoms with Gasteiger partial charge in [-0.1, -0.05) is 11.6 Å². The van der Waals surface area contributed by atoms with Crippen molar-refractivity contribution >= 4 is 29.3 Å². The SMILES string of the molecule is Cc1nc(C(=O)O)c2n1-c1cc(Cl)ccc1SC2. The number of benzene rings is 1. The second kappa shape index (κ2) is 4.03. The molecule has 3 rings (SSSR count). The Labute approximate surface area is 113 Å². The number of aryl methyl sites for hydroxylation is 1. The summed E-state index contributed by atoms with van der Waals surface area (Å²) in [7, 11) is 0. The topological polar surface area (TPSA) is 55.1 Å². The smallest absolute Gasteiger partial charge is 0.356 e. The zero-order valence-electron chi connectivity index (χ0n) is 9.48. The Hall–Kier alpha value is -1.46. The van der Waals surface area contributed by atoms with Crippen LogP contribution in [0.15, 0.2) is 23.1 Å². The minimum atomic E-state index is -0.988. The van der Waals surface area contributed by atoms with E-state index in [1.54, 1.807) is 18.7 Å². The van der Waals surface area contributed by atoms with Crippen LogP contribution in [-0.4, -0.2) is 20.6 Å². The van der Waals surface area contributed by atoms with Crippen molar-refractivity contribution in [2.75, 3.05) is 0 Å². The third-order valence-electron chi connectivity index (χ3n) is 2.87. The first-order chi connectivity index (χ1) is 8.58. The summed E-state index contributed by atoms with van der Waals surface area (Å²) in [4.78, 5) is 16.4. The van der Waals surface area contributed by atoms with Crippen LogP contribution in [0.3, 0.4) is 0 Å². The highest BCUT2D eigenvalue weighted by atomic mass is 35.5. The molecule has 6 heteroatoms. The molecule has 1 N–H and O–H groups in total. The minimum Gasteiger partial charge on any atom is -0.476 e. The summed E-state index contributed by atoms with van der Waals surface area (Å²) in [5, 5.41) is 9.78. The third-order valence-corrected chi connectivity index (χ3v) is 4.18. The predicted octanol–water partition coefficient (Wildman–Crippen LogP) is 3.14. The Balaban J connectivity index is 2.30. The van der Waals surface area contributed by atoms with Gasteiger partial charge in [-0.05, 0) is 25.1 Å². The lowest BCUT2D eigenvalue weighted by Crippen LogP contribution is -2.10. The molecule has 0 unspecified atom stereocenters. The van der Waals surface area contributed by atoms with Crippen molar-refractivity contribution in [1.29, 1.82) is 0 Å². The quantitative estimate of drug-likeness (QED) is 0.872. The fraction of sp³-hybridized carbons (Fsp3) is 0.167. The van der Waals surface area contributed by atoms with Crippen LogP contribution in [0.2, 0.25) is 5.02 Å². The largest absolute Gasteiger partial charge is 0.476 e. The van der Waals surface area contributed by atoms with Crippen molar-refractivity contribution in [3.05, 3.63) is 40.4 Å². The van der Waals surface area contributed by atoms with Crippen molar-refractivity contribution in [3.8, 4) is 5.69 Å². The number of hydrogen-bond acceptors (Lipinski definition) is 3. The summed E-state index contributed by atoms with van der Waals surface area (Å²) in [5.41, 5.74) is 1.76. The molecule has 1 aromatic heterocycles. The lowest BCUT2D eigenvalue weighted by molar-refractivity contribution is 0.0690. The number of imidazole rings is 1. The van der Waals surface area contributed by atoms with Gasteiger partial charge >= 0.3 is 5.97 Å². The number of nitrogens with zero attached hydrogens (tertiary/aromatic N) is 2. The van der Waals surface area contributed by atoms with E-state index in [9.17, 15) is 4.79 Å². The Morgan fingerprint density at radius 2 is 2.33 bits per heavy atom. The van der Waals surface area contributed by atoms with E-state index in [4.69, 9.17) is 16.7 Å². The molecule has 0 saturated carbocycles. The lowest BCUT2D eigenvalue weighted by Gasteiger charge is -2.20. The van der Waals surface area contributed by atoms with Gasteiger partial charge in [0.1, 0.15) is 5.82 Å². The second-order valence-corrected chi connectivity index (χ2v) is 5.45. The van der Waals surface area contributed by atoms with Crippen LogP contribution in [0, 0.1) is 6.92 Å². The number of hydrogen-bond donors (Lipinski definition) is 1. The molecule has 0 amide bonds. The highest BCUT2D eigenvalue weighted by Gasteiger charge is 2.26. The van der Waals surface area contributed by atoms with Gasteiger partial charge in [0, 0.05) is 15.7 Å². The Morgan fingerprint density at radius 1 is 1.56 bits per heavy atom. The zero-order chi connectivity index (χ0) is 12.9. The molecule has 1 aliphatic heterocycles. The molecule has 92 valence electrons. The first kappa shape index (κ1) is 11.6. The fourth-order valence-corrected chi connectivity index (χ4v) is 3.32. The molecule has 2 heterocycles. The maximum absolute atomic E-state index is 11.2. The third kappa shape index (κ3) is 1.62. The Morgan fingerprint density at radius 3 is 3.06 bits per heavy atom. The molecule has 18 heavy (non-hydrogen) atoms. The van der Waals surface area contributed by atoms with Crippen molar-refractivity contribution in [1.82, 2.24) is 9.55 Å². The maximum Gasteiger partial charge on any atom is 0.356 e. The van der Waals surface area contributed by atoms with Gasteiger partial charge in [-0.3, -0.25) is 4.57 Å². The Kier molecular flexibility index (Phi) is 2.60. The first-order valence-electron chi connectivity index (χ1n) is 5.32. The molecular weight excluding hydrogens is 272 g/mol. The molecule has 0 bridgehead atoms. The summed E-state index contributed by atoms with van der Waals surface area (Å²) in [6.45, 7) is 1.80. The number of aromatic carboxylic acids is 1. The molecule has 0 atom stereocenters. The fourth-order valence-electron chi connectivity index (χ4n) is 2.13. The highest BCUT2D eigenvalue weighted by Crippen LogP contribution is 2.38. The van der Waals surface area contributed by atoms with Crippen LogP contribution in [0.25, 0.3) is 5.69 Å². The Bertz CT molecular complexity index is 666. The van der Waals surface area contributed by atoms with E-state index in [2.05, 4.69) is 4.98 Å². The number of rotatable bonds is 1. The van der Waals surface area contributed by atoms with E-state index in [1.807, 2.05) is 22.8 Å². The van der Waals surface area contributed by atoms with E-state index in [-0.39, 0.29) is 5.69 Å². The van der Waals surface area contributed by atoms with Crippen molar-refractivity contribution in [2.45, 2.75) is 17.6 Å². The zero-order valence-corrected chi connectivity index (χ0v) is 11.0. The summed E-state index contributed by atoms with van der Waals surface area (Å²) >= 11 is 7.61. The molecule has 0 fully saturated rings. The van der Waals surface area contributed by atoms with Crippen molar-refractivity contribution < 1.29 is 9.90 Å². The van der Waals surface area contributed by atoms with E-state index in [0.717, 1.165) is 16.3 Å². The molecule has 1 aliphatic rings. The van der Waals surface area contributed by atoms with Gasteiger partial charge in [-0.2, -0.15) is 0 Å². The number of halogens is 1. The van der Waals surface area contributed by atoms with Gasteiger partial charge in [-0.25, -0.2) is 9.78 Å². The normalized spacial score (nSPS) is 13.0. The summed E-state index contributed by atoms with van der Waals surface area (Å²) < 4.78 is 1.88. The lowest BCUT2D eigenvalue weighted by atomic mass is 10.2. The molecule has 4 nitrogen and oxygen atoms in total. The molecule has 0 saturated heterocycles. The van der Waals surface area contributed by atoms with Crippen LogP contribution < -0.4 is 0 Å². The van der Waals surface area contributed by atoms with Gasteiger partial charge < -0.3 is 5.11 Å². The van der Waals surface area contributed by atoms with Gasteiger partial charge in [0.05, 0.1) is 11.4 Å². The predicted molar refractivity (Wildman–Crippen MR) is 69.8 cm³/mol. The number of carboxylic acid groups (broad SMARTS) is 1. The van der Waals surface area contributed by atoms with E-state index >= 15 is 0 Å². The average molecular weight is 281 g/mol. The first-order valence-corrected chi connectivity index (χ1v) is 6.68. The molecular formula is C12H9ClN2O2S. The van der Waals surface area contributed by atoms with Gasteiger partial charge in [0.15, 0.2) is 5.69 Å². The van der Waals surface area contributed by atoms with Gasteiger partial charge in [0.25, 0.3) is 0 Å². The monoisotopic (exact) mass is 280 g/mol. The molecule has 1 aromatic carbocycles. The maximum atomic E-state index is 11.2. The van der Waals surface area contributed by atoms with E-state index < -0.39 is 5.97 Å². The highest BCUT2D eigenvalue weighted by molar-refractivity contribution is 7.98. The molecule has 0 radical (unpaired) electrons. The standard InChI is InChI=1S/C12H9ClN2O2S/c1-6-14-11(12(16)17)9-5-18-10-3-2-7(13)4-8(10)15(6)9/h2-4H,5H2,1H3,(H,16,17). The van der Waals surface area contributed by atoms with Gasteiger partial charge in [0.2, 0.25) is 0 Å². The summed E-state index contributed by atoms with van der Waals surface area (Å²) in [5.74, 6) is 0.293. The van der Waals surface area contributed by atoms with Gasteiger partial charge in [-0.15, -0.1) is 11.8 Å². The summed E-state index contributed by atoms with van der Waals surface area (Å²) in [6, 6.07) is 5.63.